The molecule has 1 atom stereocenters. The van der Waals surface area contributed by atoms with Crippen molar-refractivity contribution in [2.75, 3.05) is 37.7 Å². The summed E-state index contributed by atoms with van der Waals surface area (Å²) in [6, 6.07) is 5.09. The zero-order valence-electron chi connectivity index (χ0n) is 20.2. The Kier molecular flexibility index (Phi) is 8.03. The van der Waals surface area contributed by atoms with Crippen LogP contribution in [-0.2, 0) is 0 Å². The van der Waals surface area contributed by atoms with Crippen LogP contribution in [0.4, 0.5) is 10.4 Å². The second kappa shape index (κ2) is 11.2. The molecular formula is C25H36FN5O3. The van der Waals surface area contributed by atoms with Crippen LogP contribution in [0.15, 0.2) is 22.7 Å². The molecule has 2 aromatic rings. The molecule has 2 saturated heterocycles. The zero-order valence-corrected chi connectivity index (χ0v) is 20.2. The Morgan fingerprint density at radius 3 is 2.74 bits per heavy atom. The molecule has 34 heavy (non-hydrogen) atoms. The molecule has 8 nitrogen and oxygen atoms in total. The van der Waals surface area contributed by atoms with Gasteiger partial charge in [-0.05, 0) is 56.6 Å². The van der Waals surface area contributed by atoms with Crippen molar-refractivity contribution in [3.8, 4) is 5.75 Å². The number of ether oxygens (including phenoxy) is 1. The van der Waals surface area contributed by atoms with Gasteiger partial charge >= 0.3 is 6.01 Å². The summed E-state index contributed by atoms with van der Waals surface area (Å²) in [6.07, 6.45) is 5.86. The van der Waals surface area contributed by atoms with E-state index in [0.717, 1.165) is 57.4 Å². The van der Waals surface area contributed by atoms with E-state index in [2.05, 4.69) is 28.9 Å². The van der Waals surface area contributed by atoms with E-state index in [1.165, 1.54) is 12.1 Å². The number of carbonyl (C=O) groups is 1. The molecule has 2 aliphatic heterocycles. The van der Waals surface area contributed by atoms with Crippen molar-refractivity contribution in [2.24, 2.45) is 11.7 Å². The molecule has 1 aromatic carbocycles. The molecule has 9 heteroatoms. The number of amides is 1. The smallest absolute Gasteiger partial charge is 0.324 e. The molecular weight excluding hydrogens is 437 g/mol. The van der Waals surface area contributed by atoms with Gasteiger partial charge in [-0.2, -0.15) is 4.98 Å². The van der Waals surface area contributed by atoms with Gasteiger partial charge in [0.2, 0.25) is 0 Å². The Morgan fingerprint density at radius 2 is 2.06 bits per heavy atom. The fraction of sp³-hybridized carbons (Fsp3) is 0.640. The number of hydrogen-bond donors (Lipinski definition) is 1. The van der Waals surface area contributed by atoms with Crippen molar-refractivity contribution < 1.29 is 18.4 Å². The van der Waals surface area contributed by atoms with Gasteiger partial charge in [0.25, 0.3) is 5.91 Å². The first-order chi connectivity index (χ1) is 16.4. The monoisotopic (exact) mass is 473 g/mol. The van der Waals surface area contributed by atoms with Crippen LogP contribution < -0.4 is 15.4 Å². The predicted octanol–water partition coefficient (Wildman–Crippen LogP) is 3.97. The van der Waals surface area contributed by atoms with Crippen LogP contribution >= 0.6 is 0 Å². The average Bonchev–Trinajstić information content (AvgIpc) is 3.33. The maximum absolute atomic E-state index is 14.6. The second-order valence-electron chi connectivity index (χ2n) is 9.81. The van der Waals surface area contributed by atoms with Gasteiger partial charge in [0.1, 0.15) is 11.6 Å². The highest BCUT2D eigenvalue weighted by molar-refractivity contribution is 5.94. The maximum Gasteiger partial charge on any atom is 0.324 e. The third-order valence-electron chi connectivity index (χ3n) is 6.77. The molecule has 0 radical (unpaired) electrons. The molecule has 2 N–H and O–H groups in total. The van der Waals surface area contributed by atoms with E-state index in [1.54, 1.807) is 11.0 Å². The van der Waals surface area contributed by atoms with Gasteiger partial charge in [0, 0.05) is 44.2 Å². The number of rotatable bonds is 8. The third kappa shape index (κ3) is 6.05. The van der Waals surface area contributed by atoms with Crippen molar-refractivity contribution in [3.05, 3.63) is 35.4 Å². The quantitative estimate of drug-likeness (QED) is 0.579. The van der Waals surface area contributed by atoms with Crippen molar-refractivity contribution in [2.45, 2.75) is 64.3 Å². The number of benzene rings is 1. The number of carbonyl (C=O) groups excluding carboxylic acids is 1. The molecule has 1 aromatic heterocycles. The van der Waals surface area contributed by atoms with E-state index in [1.807, 2.05) is 0 Å². The summed E-state index contributed by atoms with van der Waals surface area (Å²) in [5, 5.41) is 4.05. The van der Waals surface area contributed by atoms with Gasteiger partial charge in [-0.15, -0.1) is 0 Å². The number of halogens is 1. The summed E-state index contributed by atoms with van der Waals surface area (Å²) in [6.45, 7) is 7.55. The number of hydrogen-bond acceptors (Lipinski definition) is 7. The standard InChI is InChI=1S/C25H36FN5O3/c1-17(2)23-28-25(34-29-23)30-12-9-18(10-13-30)5-4-14-33-20-7-8-21(22(26)15-20)24(32)31-11-3-6-19(27)16-31/h7-8,15,17-19H,3-6,9-14,16,27H2,1-2H3/t19-/m0/s1. The first-order valence-corrected chi connectivity index (χ1v) is 12.5. The summed E-state index contributed by atoms with van der Waals surface area (Å²) in [5.74, 6) is 1.24. The minimum Gasteiger partial charge on any atom is -0.493 e. The van der Waals surface area contributed by atoms with Crippen LogP contribution in [0.1, 0.15) is 74.5 Å². The van der Waals surface area contributed by atoms with Gasteiger partial charge < -0.3 is 24.8 Å². The molecule has 186 valence electrons. The molecule has 0 unspecified atom stereocenters. The second-order valence-corrected chi connectivity index (χ2v) is 9.81. The van der Waals surface area contributed by atoms with Crippen LogP contribution in [0.3, 0.4) is 0 Å². The fourth-order valence-electron chi connectivity index (χ4n) is 4.69. The summed E-state index contributed by atoms with van der Waals surface area (Å²) in [5.41, 5.74) is 6.03. The minimum absolute atomic E-state index is 0.0350. The van der Waals surface area contributed by atoms with Crippen LogP contribution in [0, 0.1) is 11.7 Å². The molecule has 0 bridgehead atoms. The molecule has 0 spiro atoms. The van der Waals surface area contributed by atoms with Gasteiger partial charge in [-0.1, -0.05) is 19.0 Å². The molecule has 0 saturated carbocycles. The van der Waals surface area contributed by atoms with E-state index in [9.17, 15) is 9.18 Å². The van der Waals surface area contributed by atoms with Crippen molar-refractivity contribution in [1.82, 2.24) is 15.0 Å². The third-order valence-corrected chi connectivity index (χ3v) is 6.77. The largest absolute Gasteiger partial charge is 0.493 e. The topological polar surface area (TPSA) is 97.7 Å². The molecule has 3 heterocycles. The van der Waals surface area contributed by atoms with Gasteiger partial charge in [0.15, 0.2) is 5.82 Å². The highest BCUT2D eigenvalue weighted by atomic mass is 19.1. The molecule has 2 aliphatic rings. The normalized spacial score (nSPS) is 19.6. The zero-order chi connectivity index (χ0) is 24.1. The number of likely N-dealkylation sites (tertiary alicyclic amines) is 1. The lowest BCUT2D eigenvalue weighted by Gasteiger charge is -2.31. The number of anilines is 1. The van der Waals surface area contributed by atoms with E-state index >= 15 is 0 Å². The summed E-state index contributed by atoms with van der Waals surface area (Å²) in [4.78, 5) is 20.9. The van der Waals surface area contributed by atoms with E-state index in [4.69, 9.17) is 15.0 Å². The first kappa shape index (κ1) is 24.4. The molecule has 1 amide bonds. The fourth-order valence-corrected chi connectivity index (χ4v) is 4.69. The number of nitrogens with zero attached hydrogens (tertiary/aromatic N) is 4. The molecule has 4 rings (SSSR count). The number of aromatic nitrogens is 2. The SMILES string of the molecule is CC(C)c1noc(N2CCC(CCCOc3ccc(C(=O)N4CCC[C@H](N)C4)c(F)c3)CC2)n1. The summed E-state index contributed by atoms with van der Waals surface area (Å²) >= 11 is 0. The molecule has 0 aliphatic carbocycles. The Labute approximate surface area is 200 Å². The minimum atomic E-state index is -0.546. The lowest BCUT2D eigenvalue weighted by Crippen LogP contribution is -2.45. The van der Waals surface area contributed by atoms with E-state index < -0.39 is 5.82 Å². The number of nitrogens with two attached hydrogens (primary N) is 1. The van der Waals surface area contributed by atoms with Crippen LogP contribution in [0.2, 0.25) is 0 Å². The Balaban J connectivity index is 1.18. The van der Waals surface area contributed by atoms with Crippen LogP contribution in [0.25, 0.3) is 0 Å². The van der Waals surface area contributed by atoms with Gasteiger partial charge in [-0.25, -0.2) is 4.39 Å². The maximum atomic E-state index is 14.6. The van der Waals surface area contributed by atoms with Gasteiger partial charge in [-0.3, -0.25) is 4.79 Å². The Hall–Kier alpha value is -2.68. The van der Waals surface area contributed by atoms with Crippen molar-refractivity contribution in [3.63, 3.8) is 0 Å². The summed E-state index contributed by atoms with van der Waals surface area (Å²) < 4.78 is 25.8. The van der Waals surface area contributed by atoms with Crippen LogP contribution in [-0.4, -0.2) is 59.8 Å². The highest BCUT2D eigenvalue weighted by Crippen LogP contribution is 2.26. The Morgan fingerprint density at radius 1 is 1.26 bits per heavy atom. The lowest BCUT2D eigenvalue weighted by molar-refractivity contribution is 0.0704. The average molecular weight is 474 g/mol. The lowest BCUT2D eigenvalue weighted by atomic mass is 9.92. The predicted molar refractivity (Wildman–Crippen MR) is 128 cm³/mol. The number of piperidine rings is 2. The molecule has 2 fully saturated rings. The van der Waals surface area contributed by atoms with Crippen molar-refractivity contribution in [1.29, 1.82) is 0 Å². The first-order valence-electron chi connectivity index (χ1n) is 12.5. The van der Waals surface area contributed by atoms with E-state index in [0.29, 0.717) is 37.4 Å². The van der Waals surface area contributed by atoms with Gasteiger partial charge in [0.05, 0.1) is 12.2 Å². The highest BCUT2D eigenvalue weighted by Gasteiger charge is 2.25. The summed E-state index contributed by atoms with van der Waals surface area (Å²) in [7, 11) is 0. The Bertz CT molecular complexity index is 958. The van der Waals surface area contributed by atoms with Crippen molar-refractivity contribution >= 4 is 11.9 Å². The van der Waals surface area contributed by atoms with Crippen LogP contribution in [0.5, 0.6) is 5.75 Å². The van der Waals surface area contributed by atoms with E-state index in [-0.39, 0.29) is 23.4 Å².